The molecule has 0 saturated carbocycles. The maximum atomic E-state index is 5.96. The summed E-state index contributed by atoms with van der Waals surface area (Å²) in [6.45, 7) is 14.0. The first-order valence-electron chi connectivity index (χ1n) is 10.6. The van der Waals surface area contributed by atoms with Gasteiger partial charge in [0.2, 0.25) is 0 Å². The second-order valence-electron chi connectivity index (χ2n) is 8.43. The van der Waals surface area contributed by atoms with Crippen LogP contribution in [0.15, 0.2) is 21.5 Å². The topological polar surface area (TPSA) is 65.3 Å². The molecule has 7 heteroatoms. The van der Waals surface area contributed by atoms with E-state index in [0.29, 0.717) is 0 Å². The highest BCUT2D eigenvalue weighted by atomic mass is 16.5. The van der Waals surface area contributed by atoms with Crippen LogP contribution in [0.2, 0.25) is 0 Å². The number of furan rings is 1. The van der Waals surface area contributed by atoms with Crippen molar-refractivity contribution in [3.05, 3.63) is 23.7 Å². The lowest BCUT2D eigenvalue weighted by Crippen LogP contribution is -2.56. The molecule has 0 spiro atoms. The number of likely N-dealkylation sites (tertiary alicyclic amines) is 1. The Morgan fingerprint density at radius 3 is 2.46 bits per heavy atom. The molecule has 0 radical (unpaired) electrons. The van der Waals surface area contributed by atoms with Gasteiger partial charge in [0.25, 0.3) is 0 Å². The SMILES string of the molecule is CN=C(NCC(c1ccc(C)o1)N1CCCC1)NCC(C)(C)N1CCOCC1. The fraction of sp³-hybridized carbons (Fsp3) is 0.762. The third-order valence-corrected chi connectivity index (χ3v) is 5.91. The summed E-state index contributed by atoms with van der Waals surface area (Å²) in [7, 11) is 1.83. The van der Waals surface area contributed by atoms with Crippen molar-refractivity contribution in [2.75, 3.05) is 59.5 Å². The molecule has 1 aromatic rings. The molecule has 2 aliphatic heterocycles. The lowest BCUT2D eigenvalue weighted by atomic mass is 10.0. The maximum absolute atomic E-state index is 5.96. The van der Waals surface area contributed by atoms with E-state index >= 15 is 0 Å². The predicted octanol–water partition coefficient (Wildman–Crippen LogP) is 2.00. The molecule has 1 atom stereocenters. The highest BCUT2D eigenvalue weighted by Gasteiger charge is 2.29. The number of nitrogens with zero attached hydrogens (tertiary/aromatic N) is 3. The van der Waals surface area contributed by atoms with Gasteiger partial charge >= 0.3 is 0 Å². The average Bonchev–Trinajstić information content (AvgIpc) is 3.37. The van der Waals surface area contributed by atoms with Crippen LogP contribution in [0, 0.1) is 6.92 Å². The number of aliphatic imine (C=N–C) groups is 1. The molecule has 7 nitrogen and oxygen atoms in total. The predicted molar refractivity (Wildman–Crippen MR) is 113 cm³/mol. The highest BCUT2D eigenvalue weighted by molar-refractivity contribution is 5.79. The van der Waals surface area contributed by atoms with Crippen molar-refractivity contribution in [2.24, 2.45) is 4.99 Å². The van der Waals surface area contributed by atoms with Crippen molar-refractivity contribution in [3.63, 3.8) is 0 Å². The van der Waals surface area contributed by atoms with Crippen LogP contribution in [-0.4, -0.2) is 80.8 Å². The Balaban J connectivity index is 1.55. The molecule has 0 aliphatic carbocycles. The van der Waals surface area contributed by atoms with E-state index in [4.69, 9.17) is 9.15 Å². The molecule has 2 saturated heterocycles. The van der Waals surface area contributed by atoms with Crippen molar-refractivity contribution in [2.45, 2.75) is 45.2 Å². The van der Waals surface area contributed by atoms with Gasteiger partial charge in [-0.15, -0.1) is 0 Å². The van der Waals surface area contributed by atoms with Gasteiger partial charge in [-0.25, -0.2) is 0 Å². The van der Waals surface area contributed by atoms with Crippen LogP contribution in [0.4, 0.5) is 0 Å². The Hall–Kier alpha value is -1.57. The van der Waals surface area contributed by atoms with E-state index < -0.39 is 0 Å². The Morgan fingerprint density at radius 2 is 1.86 bits per heavy atom. The molecule has 2 fully saturated rings. The average molecular weight is 392 g/mol. The Morgan fingerprint density at radius 1 is 1.14 bits per heavy atom. The molecule has 0 bridgehead atoms. The van der Waals surface area contributed by atoms with Crippen molar-refractivity contribution in [3.8, 4) is 0 Å². The quantitative estimate of drug-likeness (QED) is 0.548. The summed E-state index contributed by atoms with van der Waals surface area (Å²) >= 11 is 0. The van der Waals surface area contributed by atoms with Crippen LogP contribution in [0.25, 0.3) is 0 Å². The Bertz CT molecular complexity index is 630. The van der Waals surface area contributed by atoms with Crippen LogP contribution in [0.5, 0.6) is 0 Å². The van der Waals surface area contributed by atoms with E-state index in [-0.39, 0.29) is 11.6 Å². The van der Waals surface area contributed by atoms with Gasteiger partial charge in [0.1, 0.15) is 11.5 Å². The van der Waals surface area contributed by atoms with Crippen LogP contribution in [-0.2, 0) is 4.74 Å². The van der Waals surface area contributed by atoms with E-state index in [1.54, 1.807) is 0 Å². The molecule has 0 amide bonds. The first-order chi connectivity index (χ1) is 13.5. The Labute approximate surface area is 169 Å². The molecular formula is C21H37N5O2. The summed E-state index contributed by atoms with van der Waals surface area (Å²) < 4.78 is 11.4. The van der Waals surface area contributed by atoms with Crippen LogP contribution < -0.4 is 10.6 Å². The third kappa shape index (κ3) is 5.49. The normalized spacial score (nSPS) is 21.1. The number of guanidine groups is 1. The number of hydrogen-bond donors (Lipinski definition) is 2. The van der Waals surface area contributed by atoms with E-state index in [2.05, 4.69) is 51.4 Å². The fourth-order valence-corrected chi connectivity index (χ4v) is 4.09. The third-order valence-electron chi connectivity index (χ3n) is 5.91. The number of ether oxygens (including phenoxy) is 1. The van der Waals surface area contributed by atoms with Gasteiger partial charge in [-0.2, -0.15) is 0 Å². The largest absolute Gasteiger partial charge is 0.465 e. The van der Waals surface area contributed by atoms with Crippen molar-refractivity contribution >= 4 is 5.96 Å². The first-order valence-corrected chi connectivity index (χ1v) is 10.6. The number of rotatable bonds is 7. The minimum atomic E-state index is 0.0495. The zero-order chi connectivity index (χ0) is 20.0. The summed E-state index contributed by atoms with van der Waals surface area (Å²) in [4.78, 5) is 9.43. The maximum Gasteiger partial charge on any atom is 0.191 e. The molecule has 158 valence electrons. The van der Waals surface area contributed by atoms with Crippen molar-refractivity contribution in [1.29, 1.82) is 0 Å². The second kappa shape index (κ2) is 9.76. The number of aryl methyl sites for hydroxylation is 1. The van der Waals surface area contributed by atoms with Gasteiger partial charge in [0.15, 0.2) is 5.96 Å². The lowest BCUT2D eigenvalue weighted by Gasteiger charge is -2.41. The van der Waals surface area contributed by atoms with Gasteiger partial charge in [0, 0.05) is 38.8 Å². The van der Waals surface area contributed by atoms with E-state index in [9.17, 15) is 0 Å². The van der Waals surface area contributed by atoms with Gasteiger partial charge in [0.05, 0.1) is 19.3 Å². The fourth-order valence-electron chi connectivity index (χ4n) is 4.09. The lowest BCUT2D eigenvalue weighted by molar-refractivity contribution is -0.00834. The van der Waals surface area contributed by atoms with Crippen LogP contribution >= 0.6 is 0 Å². The molecule has 2 N–H and O–H groups in total. The second-order valence-corrected chi connectivity index (χ2v) is 8.43. The minimum absolute atomic E-state index is 0.0495. The molecule has 1 unspecified atom stereocenters. The van der Waals surface area contributed by atoms with Crippen LogP contribution in [0.3, 0.4) is 0 Å². The van der Waals surface area contributed by atoms with Gasteiger partial charge in [-0.3, -0.25) is 14.8 Å². The van der Waals surface area contributed by atoms with Crippen molar-refractivity contribution < 1.29 is 9.15 Å². The van der Waals surface area contributed by atoms with Gasteiger partial charge in [-0.1, -0.05) is 0 Å². The van der Waals surface area contributed by atoms with E-state index in [1.165, 1.54) is 12.8 Å². The summed E-state index contributed by atoms with van der Waals surface area (Å²) in [6, 6.07) is 4.40. The van der Waals surface area contributed by atoms with Gasteiger partial charge < -0.3 is 19.8 Å². The monoisotopic (exact) mass is 391 g/mol. The van der Waals surface area contributed by atoms with E-state index in [1.807, 2.05) is 14.0 Å². The summed E-state index contributed by atoms with van der Waals surface area (Å²) in [5.41, 5.74) is 0.0495. The molecule has 28 heavy (non-hydrogen) atoms. The zero-order valence-electron chi connectivity index (χ0n) is 18.0. The molecule has 3 heterocycles. The highest BCUT2D eigenvalue weighted by Crippen LogP contribution is 2.26. The Kier molecular flexibility index (Phi) is 7.37. The summed E-state index contributed by atoms with van der Waals surface area (Å²) in [5.74, 6) is 2.85. The summed E-state index contributed by atoms with van der Waals surface area (Å²) in [6.07, 6.45) is 2.52. The smallest absolute Gasteiger partial charge is 0.191 e. The summed E-state index contributed by atoms with van der Waals surface area (Å²) in [5, 5.41) is 7.04. The molecular weight excluding hydrogens is 354 g/mol. The number of morpholine rings is 1. The minimum Gasteiger partial charge on any atom is -0.465 e. The molecule has 2 aliphatic rings. The molecule has 0 aromatic carbocycles. The first kappa shape index (κ1) is 21.1. The zero-order valence-corrected chi connectivity index (χ0v) is 18.0. The standard InChI is InChI=1S/C21H37N5O2/c1-17-7-8-19(28-17)18(25-9-5-6-10-25)15-23-20(22-4)24-16-21(2,3)26-11-13-27-14-12-26/h7-8,18H,5-6,9-16H2,1-4H3,(H2,22,23,24). The molecule has 3 rings (SSSR count). The van der Waals surface area contributed by atoms with Crippen LogP contribution in [0.1, 0.15) is 44.3 Å². The van der Waals surface area contributed by atoms with Gasteiger partial charge in [-0.05, 0) is 58.8 Å². The molecule has 1 aromatic heterocycles. The van der Waals surface area contributed by atoms with E-state index in [0.717, 1.165) is 70.0 Å². The van der Waals surface area contributed by atoms with Crippen molar-refractivity contribution in [1.82, 2.24) is 20.4 Å². The number of nitrogens with one attached hydrogen (secondary N) is 2. The number of hydrogen-bond acceptors (Lipinski definition) is 5.